The van der Waals surface area contributed by atoms with E-state index in [1.807, 2.05) is 0 Å². The van der Waals surface area contributed by atoms with Crippen LogP contribution in [-0.2, 0) is 4.79 Å². The zero-order chi connectivity index (χ0) is 12.1. The van der Waals surface area contributed by atoms with E-state index < -0.39 is 11.9 Å². The van der Waals surface area contributed by atoms with Crippen molar-refractivity contribution in [2.45, 2.75) is 13.8 Å². The van der Waals surface area contributed by atoms with Gasteiger partial charge < -0.3 is 10.4 Å². The van der Waals surface area contributed by atoms with E-state index in [1.165, 1.54) is 5.38 Å². The molecule has 0 radical (unpaired) electrons. The van der Waals surface area contributed by atoms with Gasteiger partial charge in [0.2, 0.25) is 0 Å². The Hall–Kier alpha value is -1.50. The van der Waals surface area contributed by atoms with Gasteiger partial charge in [-0.2, -0.15) is 0 Å². The second-order valence-corrected chi connectivity index (χ2v) is 4.30. The van der Waals surface area contributed by atoms with E-state index in [9.17, 15) is 9.59 Å². The van der Waals surface area contributed by atoms with Gasteiger partial charge >= 0.3 is 5.97 Å². The van der Waals surface area contributed by atoms with Gasteiger partial charge in [-0.15, -0.1) is 5.10 Å². The molecule has 2 N–H and O–H groups in total. The fraction of sp³-hybridized carbons (Fsp3) is 0.556. The Bertz CT molecular complexity index is 364. The first kappa shape index (κ1) is 12.6. The lowest BCUT2D eigenvalue weighted by molar-refractivity contribution is -0.142. The monoisotopic (exact) mass is 243 g/mol. The van der Waals surface area contributed by atoms with Gasteiger partial charge in [0.1, 0.15) is 0 Å². The molecule has 0 bridgehead atoms. The second kappa shape index (κ2) is 5.55. The maximum absolute atomic E-state index is 11.5. The van der Waals surface area contributed by atoms with Crippen LogP contribution in [0.15, 0.2) is 5.38 Å². The summed E-state index contributed by atoms with van der Waals surface area (Å²) in [4.78, 5) is 22.3. The quantitative estimate of drug-likeness (QED) is 0.791. The van der Waals surface area contributed by atoms with Crippen molar-refractivity contribution in [3.63, 3.8) is 0 Å². The number of carboxylic acids is 1. The summed E-state index contributed by atoms with van der Waals surface area (Å²) in [7, 11) is 0. The van der Waals surface area contributed by atoms with E-state index in [4.69, 9.17) is 5.11 Å². The van der Waals surface area contributed by atoms with Gasteiger partial charge in [-0.3, -0.25) is 9.59 Å². The number of aromatic nitrogens is 2. The van der Waals surface area contributed by atoms with Crippen molar-refractivity contribution in [1.82, 2.24) is 14.9 Å². The highest BCUT2D eigenvalue weighted by Crippen LogP contribution is 2.10. The summed E-state index contributed by atoms with van der Waals surface area (Å²) < 4.78 is 3.56. The molecule has 0 saturated heterocycles. The molecule has 1 atom stereocenters. The number of hydrogen-bond acceptors (Lipinski definition) is 5. The lowest BCUT2D eigenvalue weighted by atomic mass is 9.96. The molecule has 1 heterocycles. The smallest absolute Gasteiger partial charge is 0.308 e. The SMILES string of the molecule is CC(C)C(CNC(=O)c1csnn1)C(=O)O. The van der Waals surface area contributed by atoms with Crippen LogP contribution in [0.4, 0.5) is 0 Å². The van der Waals surface area contributed by atoms with Crippen molar-refractivity contribution >= 4 is 23.4 Å². The molecule has 0 fully saturated rings. The molecule has 88 valence electrons. The van der Waals surface area contributed by atoms with E-state index in [2.05, 4.69) is 14.9 Å². The van der Waals surface area contributed by atoms with Crippen molar-refractivity contribution in [3.05, 3.63) is 11.1 Å². The first-order chi connectivity index (χ1) is 7.52. The molecule has 0 aliphatic heterocycles. The summed E-state index contributed by atoms with van der Waals surface area (Å²) >= 11 is 1.08. The highest BCUT2D eigenvalue weighted by atomic mass is 32.1. The largest absolute Gasteiger partial charge is 0.481 e. The van der Waals surface area contributed by atoms with Gasteiger partial charge in [0.25, 0.3) is 5.91 Å². The summed E-state index contributed by atoms with van der Waals surface area (Å²) in [5, 5.41) is 16.5. The number of rotatable bonds is 5. The van der Waals surface area contributed by atoms with Crippen LogP contribution in [0.1, 0.15) is 24.3 Å². The van der Waals surface area contributed by atoms with Crippen LogP contribution < -0.4 is 5.32 Å². The molecule has 0 aliphatic rings. The van der Waals surface area contributed by atoms with E-state index in [-0.39, 0.29) is 24.1 Å². The van der Waals surface area contributed by atoms with Crippen LogP contribution >= 0.6 is 11.5 Å². The van der Waals surface area contributed by atoms with Crippen LogP contribution in [0.2, 0.25) is 0 Å². The zero-order valence-corrected chi connectivity index (χ0v) is 9.82. The number of carbonyl (C=O) groups excluding carboxylic acids is 1. The van der Waals surface area contributed by atoms with Crippen molar-refractivity contribution in [2.24, 2.45) is 11.8 Å². The number of aliphatic carboxylic acids is 1. The molecular formula is C9H13N3O3S. The molecule has 6 nitrogen and oxygen atoms in total. The van der Waals surface area contributed by atoms with Crippen LogP contribution in [0, 0.1) is 11.8 Å². The Morgan fingerprint density at radius 2 is 2.25 bits per heavy atom. The molecule has 0 aromatic carbocycles. The van der Waals surface area contributed by atoms with Crippen LogP contribution in [0.3, 0.4) is 0 Å². The molecule has 16 heavy (non-hydrogen) atoms. The number of nitrogens with one attached hydrogen (secondary N) is 1. The summed E-state index contributed by atoms with van der Waals surface area (Å²) in [5.41, 5.74) is 0.220. The van der Waals surface area contributed by atoms with Crippen molar-refractivity contribution < 1.29 is 14.7 Å². The fourth-order valence-electron chi connectivity index (χ4n) is 1.16. The number of nitrogens with zero attached hydrogens (tertiary/aromatic N) is 2. The molecule has 0 spiro atoms. The average Bonchev–Trinajstić information content (AvgIpc) is 2.69. The summed E-state index contributed by atoms with van der Waals surface area (Å²) in [6, 6.07) is 0. The Labute approximate surface area is 96.8 Å². The molecule has 0 saturated carbocycles. The van der Waals surface area contributed by atoms with Crippen LogP contribution in [0.25, 0.3) is 0 Å². The molecule has 7 heteroatoms. The van der Waals surface area contributed by atoms with Gasteiger partial charge in [0.05, 0.1) is 5.92 Å². The standard InChI is InChI=1S/C9H13N3O3S/c1-5(2)6(9(14)15)3-10-8(13)7-4-16-12-11-7/h4-6H,3H2,1-2H3,(H,10,13)(H,14,15). The highest BCUT2D eigenvalue weighted by molar-refractivity contribution is 7.03. The number of carbonyl (C=O) groups is 2. The Morgan fingerprint density at radius 3 is 2.69 bits per heavy atom. The van der Waals surface area contributed by atoms with Gasteiger partial charge in [0.15, 0.2) is 5.69 Å². The Kier molecular flexibility index (Phi) is 4.36. The highest BCUT2D eigenvalue weighted by Gasteiger charge is 2.22. The maximum Gasteiger partial charge on any atom is 0.308 e. The van der Waals surface area contributed by atoms with Gasteiger partial charge in [-0.1, -0.05) is 18.3 Å². The van der Waals surface area contributed by atoms with Crippen molar-refractivity contribution in [2.75, 3.05) is 6.54 Å². The molecule has 1 amide bonds. The topological polar surface area (TPSA) is 92.2 Å². The maximum atomic E-state index is 11.5. The van der Waals surface area contributed by atoms with E-state index in [0.717, 1.165) is 11.5 Å². The predicted octanol–water partition coefficient (Wildman–Crippen LogP) is 0.625. The number of amides is 1. The first-order valence-electron chi connectivity index (χ1n) is 4.80. The predicted molar refractivity (Wildman–Crippen MR) is 58.2 cm³/mol. The van der Waals surface area contributed by atoms with E-state index >= 15 is 0 Å². The minimum atomic E-state index is -0.910. The second-order valence-electron chi connectivity index (χ2n) is 3.69. The lowest BCUT2D eigenvalue weighted by Crippen LogP contribution is -2.35. The molecule has 1 aromatic heterocycles. The zero-order valence-electron chi connectivity index (χ0n) is 9.01. The fourth-order valence-corrected chi connectivity index (χ4v) is 1.60. The van der Waals surface area contributed by atoms with Gasteiger partial charge in [-0.05, 0) is 17.5 Å². The third-order valence-electron chi connectivity index (χ3n) is 2.20. The van der Waals surface area contributed by atoms with Gasteiger partial charge in [0, 0.05) is 11.9 Å². The van der Waals surface area contributed by atoms with Gasteiger partial charge in [-0.25, -0.2) is 0 Å². The van der Waals surface area contributed by atoms with Crippen molar-refractivity contribution in [3.8, 4) is 0 Å². The summed E-state index contributed by atoms with van der Waals surface area (Å²) in [6.07, 6.45) is 0. The molecule has 1 aromatic rings. The number of hydrogen-bond donors (Lipinski definition) is 2. The van der Waals surface area contributed by atoms with Crippen LogP contribution in [-0.4, -0.2) is 33.1 Å². The third-order valence-corrected chi connectivity index (χ3v) is 2.70. The lowest BCUT2D eigenvalue weighted by Gasteiger charge is -2.16. The van der Waals surface area contributed by atoms with Crippen LogP contribution in [0.5, 0.6) is 0 Å². The average molecular weight is 243 g/mol. The molecular weight excluding hydrogens is 230 g/mol. The molecule has 1 rings (SSSR count). The normalized spacial score (nSPS) is 12.4. The molecule has 1 unspecified atom stereocenters. The summed E-state index contributed by atoms with van der Waals surface area (Å²) in [6.45, 7) is 3.70. The molecule has 0 aliphatic carbocycles. The van der Waals surface area contributed by atoms with E-state index in [1.54, 1.807) is 13.8 Å². The summed E-state index contributed by atoms with van der Waals surface area (Å²) in [5.74, 6) is -1.92. The van der Waals surface area contributed by atoms with E-state index in [0.29, 0.717) is 0 Å². The minimum absolute atomic E-state index is 0.0358. The third kappa shape index (κ3) is 3.27. The Balaban J connectivity index is 2.50. The first-order valence-corrected chi connectivity index (χ1v) is 5.64. The van der Waals surface area contributed by atoms with Crippen molar-refractivity contribution in [1.29, 1.82) is 0 Å². The Morgan fingerprint density at radius 1 is 1.56 bits per heavy atom. The minimum Gasteiger partial charge on any atom is -0.481 e. The number of carboxylic acid groups (broad SMARTS) is 1.